The fourth-order valence-corrected chi connectivity index (χ4v) is 4.35. The quantitative estimate of drug-likeness (QED) is 0.343. The van der Waals surface area contributed by atoms with Crippen molar-refractivity contribution in [3.8, 4) is 22.3 Å². The Morgan fingerprint density at radius 3 is 2.33 bits per heavy atom. The molecule has 0 radical (unpaired) electrons. The van der Waals surface area contributed by atoms with Crippen LogP contribution in [-0.4, -0.2) is 22.3 Å². The van der Waals surface area contributed by atoms with Crippen molar-refractivity contribution in [1.29, 1.82) is 0 Å². The molecule has 5 heteroatoms. The first-order valence-corrected chi connectivity index (χ1v) is 12.0. The summed E-state index contributed by atoms with van der Waals surface area (Å²) in [6.45, 7) is 2.42. The van der Waals surface area contributed by atoms with Crippen LogP contribution in [0.5, 0.6) is 0 Å². The molecule has 4 nitrogen and oxygen atoms in total. The minimum atomic E-state index is -0.108. The van der Waals surface area contributed by atoms with E-state index >= 15 is 0 Å². The molecule has 0 aliphatic carbocycles. The second-order valence-corrected chi connectivity index (χ2v) is 8.69. The number of hydrogen-bond acceptors (Lipinski definition) is 4. The normalized spacial score (nSPS) is 10.8. The van der Waals surface area contributed by atoms with Gasteiger partial charge in [0.2, 0.25) is 0 Å². The maximum atomic E-state index is 12.6. The summed E-state index contributed by atoms with van der Waals surface area (Å²) in [5.41, 5.74) is 7.75. The minimum absolute atomic E-state index is 0.0220. The lowest BCUT2D eigenvalue weighted by Gasteiger charge is -2.10. The molecule has 1 amide bonds. The molecule has 166 valence electrons. The van der Waals surface area contributed by atoms with Crippen LogP contribution in [0.3, 0.4) is 0 Å². The maximum Gasteiger partial charge on any atom is 0.251 e. The van der Waals surface area contributed by atoms with Crippen molar-refractivity contribution in [3.63, 3.8) is 0 Å². The van der Waals surface area contributed by atoms with Gasteiger partial charge in [-0.3, -0.25) is 9.78 Å². The number of carbonyl (C=O) groups is 1. The number of pyridine rings is 1. The number of aliphatic hydroxyl groups excluding tert-OH is 1. The van der Waals surface area contributed by atoms with Crippen LogP contribution in [0.25, 0.3) is 22.3 Å². The molecule has 4 aromatic rings. The van der Waals surface area contributed by atoms with Crippen molar-refractivity contribution < 1.29 is 9.90 Å². The standard InChI is InChI=1S/C28H26N2O2S/c1-19-9-10-25(16-27(19)33-2)28(32)30-17-26-15-24(11-12-29-26)23-8-4-7-22(14-23)21-6-3-5-20(13-21)18-31/h3-16,31H,17-18H2,1-2H3,(H,30,32). The van der Waals surface area contributed by atoms with Gasteiger partial charge in [-0.15, -0.1) is 11.8 Å². The van der Waals surface area contributed by atoms with Crippen LogP contribution in [0.1, 0.15) is 27.2 Å². The molecular formula is C28H26N2O2S. The van der Waals surface area contributed by atoms with E-state index in [1.165, 1.54) is 5.56 Å². The summed E-state index contributed by atoms with van der Waals surface area (Å²) < 4.78 is 0. The summed E-state index contributed by atoms with van der Waals surface area (Å²) >= 11 is 1.64. The van der Waals surface area contributed by atoms with Crippen LogP contribution in [0.2, 0.25) is 0 Å². The molecule has 0 atom stereocenters. The molecule has 0 unspecified atom stereocenters. The molecule has 0 fully saturated rings. The Balaban J connectivity index is 1.51. The first kappa shape index (κ1) is 22.8. The molecule has 33 heavy (non-hydrogen) atoms. The highest BCUT2D eigenvalue weighted by molar-refractivity contribution is 7.98. The number of nitrogens with zero attached hydrogens (tertiary/aromatic N) is 1. The third kappa shape index (κ3) is 5.51. The van der Waals surface area contributed by atoms with Crippen molar-refractivity contribution in [3.05, 3.63) is 107 Å². The SMILES string of the molecule is CSc1cc(C(=O)NCc2cc(-c3cccc(-c4cccc(CO)c4)c3)ccn2)ccc1C. The summed E-state index contributed by atoms with van der Waals surface area (Å²) in [6.07, 6.45) is 3.78. The predicted molar refractivity (Wildman–Crippen MR) is 135 cm³/mol. The van der Waals surface area contributed by atoms with Crippen LogP contribution >= 0.6 is 11.8 Å². The van der Waals surface area contributed by atoms with E-state index in [1.54, 1.807) is 18.0 Å². The van der Waals surface area contributed by atoms with Crippen LogP contribution < -0.4 is 5.32 Å². The highest BCUT2D eigenvalue weighted by atomic mass is 32.2. The Morgan fingerprint density at radius 2 is 1.61 bits per heavy atom. The lowest BCUT2D eigenvalue weighted by Crippen LogP contribution is -2.23. The zero-order valence-corrected chi connectivity index (χ0v) is 19.5. The summed E-state index contributed by atoms with van der Waals surface area (Å²) in [7, 11) is 0. The molecule has 0 spiro atoms. The Hall–Kier alpha value is -3.41. The van der Waals surface area contributed by atoms with Gasteiger partial charge in [-0.1, -0.05) is 42.5 Å². The van der Waals surface area contributed by atoms with Gasteiger partial charge in [-0.2, -0.15) is 0 Å². The van der Waals surface area contributed by atoms with Crippen molar-refractivity contribution in [1.82, 2.24) is 10.3 Å². The van der Waals surface area contributed by atoms with E-state index in [9.17, 15) is 9.90 Å². The molecular weight excluding hydrogens is 428 g/mol. The Bertz CT molecular complexity index is 1290. The van der Waals surface area contributed by atoms with E-state index in [-0.39, 0.29) is 12.5 Å². The number of amides is 1. The van der Waals surface area contributed by atoms with Crippen LogP contribution in [0, 0.1) is 6.92 Å². The topological polar surface area (TPSA) is 62.2 Å². The molecule has 0 saturated carbocycles. The van der Waals surface area contributed by atoms with Crippen molar-refractivity contribution in [2.75, 3.05) is 6.26 Å². The molecule has 0 aliphatic rings. The van der Waals surface area contributed by atoms with Crippen LogP contribution in [0.15, 0.2) is 90.0 Å². The second kappa shape index (κ2) is 10.5. The van der Waals surface area contributed by atoms with Crippen molar-refractivity contribution in [2.24, 2.45) is 0 Å². The number of rotatable bonds is 7. The van der Waals surface area contributed by atoms with Crippen molar-refractivity contribution in [2.45, 2.75) is 25.0 Å². The van der Waals surface area contributed by atoms with E-state index < -0.39 is 0 Å². The summed E-state index contributed by atoms with van der Waals surface area (Å²) in [5, 5.41) is 12.4. The van der Waals surface area contributed by atoms with Gasteiger partial charge in [0.1, 0.15) is 0 Å². The van der Waals surface area contributed by atoms with Gasteiger partial charge in [-0.05, 0) is 83.0 Å². The Labute approximate surface area is 198 Å². The minimum Gasteiger partial charge on any atom is -0.392 e. The molecule has 2 N–H and O–H groups in total. The molecule has 1 heterocycles. The number of benzene rings is 3. The zero-order chi connectivity index (χ0) is 23.2. The monoisotopic (exact) mass is 454 g/mol. The average Bonchev–Trinajstić information content (AvgIpc) is 2.88. The van der Waals surface area contributed by atoms with Gasteiger partial charge in [0, 0.05) is 16.7 Å². The number of thioether (sulfide) groups is 1. The molecule has 0 saturated heterocycles. The lowest BCUT2D eigenvalue weighted by molar-refractivity contribution is 0.0950. The number of aryl methyl sites for hydroxylation is 1. The number of aromatic nitrogens is 1. The number of hydrogen-bond donors (Lipinski definition) is 2. The smallest absolute Gasteiger partial charge is 0.251 e. The summed E-state index contributed by atoms with van der Waals surface area (Å²) in [4.78, 5) is 18.2. The maximum absolute atomic E-state index is 12.6. The van der Waals surface area contributed by atoms with Gasteiger partial charge >= 0.3 is 0 Å². The zero-order valence-electron chi connectivity index (χ0n) is 18.7. The van der Waals surface area contributed by atoms with Crippen LogP contribution in [-0.2, 0) is 13.2 Å². The number of carbonyl (C=O) groups excluding carboxylic acids is 1. The largest absolute Gasteiger partial charge is 0.392 e. The lowest BCUT2D eigenvalue weighted by atomic mass is 9.98. The van der Waals surface area contributed by atoms with E-state index in [0.717, 1.165) is 38.4 Å². The molecule has 1 aromatic heterocycles. The molecule has 4 rings (SSSR count). The fraction of sp³-hybridized carbons (Fsp3) is 0.143. The summed E-state index contributed by atoms with van der Waals surface area (Å²) in [6, 6.07) is 25.9. The highest BCUT2D eigenvalue weighted by Crippen LogP contribution is 2.27. The second-order valence-electron chi connectivity index (χ2n) is 7.84. The van der Waals surface area contributed by atoms with E-state index in [1.807, 2.05) is 73.8 Å². The summed E-state index contributed by atoms with van der Waals surface area (Å²) in [5.74, 6) is -0.108. The first-order chi connectivity index (χ1) is 16.1. The fourth-order valence-electron chi connectivity index (χ4n) is 3.72. The molecule has 3 aromatic carbocycles. The third-order valence-electron chi connectivity index (χ3n) is 5.56. The van der Waals surface area contributed by atoms with Gasteiger partial charge in [0.25, 0.3) is 5.91 Å². The van der Waals surface area contributed by atoms with E-state index in [2.05, 4.69) is 28.5 Å². The Kier molecular flexibility index (Phi) is 7.23. The van der Waals surface area contributed by atoms with E-state index in [0.29, 0.717) is 12.1 Å². The van der Waals surface area contributed by atoms with Gasteiger partial charge in [-0.25, -0.2) is 0 Å². The number of aliphatic hydroxyl groups is 1. The van der Waals surface area contributed by atoms with Gasteiger partial charge in [0.05, 0.1) is 18.8 Å². The van der Waals surface area contributed by atoms with Crippen molar-refractivity contribution >= 4 is 17.7 Å². The number of nitrogens with one attached hydrogen (secondary N) is 1. The van der Waals surface area contributed by atoms with Crippen LogP contribution in [0.4, 0.5) is 0 Å². The van der Waals surface area contributed by atoms with E-state index in [4.69, 9.17) is 0 Å². The van der Waals surface area contributed by atoms with Gasteiger partial charge < -0.3 is 10.4 Å². The highest BCUT2D eigenvalue weighted by Gasteiger charge is 2.09. The average molecular weight is 455 g/mol. The predicted octanol–water partition coefficient (Wildman–Crippen LogP) is 5.87. The Morgan fingerprint density at radius 1 is 0.909 bits per heavy atom. The molecule has 0 aliphatic heterocycles. The third-order valence-corrected chi connectivity index (χ3v) is 6.44. The first-order valence-electron chi connectivity index (χ1n) is 10.8. The molecule has 0 bridgehead atoms. The van der Waals surface area contributed by atoms with Gasteiger partial charge in [0.15, 0.2) is 0 Å².